The Balaban J connectivity index is 0.00000156. The van der Waals surface area contributed by atoms with Gasteiger partial charge in [-0.3, -0.25) is 0 Å². The van der Waals surface area contributed by atoms with E-state index < -0.39 is 0 Å². The van der Waals surface area contributed by atoms with E-state index >= 15 is 0 Å². The Hall–Kier alpha value is -1.89. The molecular formula is C16H19ClN4O2. The van der Waals surface area contributed by atoms with Crippen LogP contribution >= 0.6 is 12.4 Å². The summed E-state index contributed by atoms with van der Waals surface area (Å²) in [7, 11) is 0. The zero-order chi connectivity index (χ0) is 14.9. The van der Waals surface area contributed by atoms with Crippen molar-refractivity contribution in [2.45, 2.75) is 24.8 Å². The first-order valence-corrected chi connectivity index (χ1v) is 7.53. The molecule has 3 heterocycles. The molecule has 23 heavy (non-hydrogen) atoms. The van der Waals surface area contributed by atoms with Crippen molar-refractivity contribution in [3.63, 3.8) is 0 Å². The molecule has 0 spiro atoms. The van der Waals surface area contributed by atoms with Crippen molar-refractivity contribution in [3.8, 4) is 0 Å². The molecule has 0 bridgehead atoms. The lowest BCUT2D eigenvalue weighted by atomic mass is 10.1. The van der Waals surface area contributed by atoms with Crippen molar-refractivity contribution in [3.05, 3.63) is 47.7 Å². The molecule has 7 heteroatoms. The van der Waals surface area contributed by atoms with Gasteiger partial charge in [-0.1, -0.05) is 23.4 Å². The monoisotopic (exact) mass is 334 g/mol. The average molecular weight is 335 g/mol. The van der Waals surface area contributed by atoms with Crippen LogP contribution in [0.4, 0.5) is 0 Å². The lowest BCUT2D eigenvalue weighted by molar-refractivity contribution is 0.192. The summed E-state index contributed by atoms with van der Waals surface area (Å²) in [6.45, 7) is 1.42. The quantitative estimate of drug-likeness (QED) is 0.765. The van der Waals surface area contributed by atoms with Gasteiger partial charge in [-0.25, -0.2) is 0 Å². The van der Waals surface area contributed by atoms with Crippen molar-refractivity contribution >= 4 is 23.3 Å². The molecular weight excluding hydrogens is 316 g/mol. The van der Waals surface area contributed by atoms with Gasteiger partial charge in [0.25, 0.3) is 0 Å². The highest BCUT2D eigenvalue weighted by Crippen LogP contribution is 2.26. The Morgan fingerprint density at radius 3 is 3.04 bits per heavy atom. The van der Waals surface area contributed by atoms with Crippen LogP contribution in [0.25, 0.3) is 10.9 Å². The smallest absolute Gasteiger partial charge is 0.243 e. The molecule has 0 aliphatic carbocycles. The fourth-order valence-corrected chi connectivity index (χ4v) is 2.93. The third kappa shape index (κ3) is 3.10. The van der Waals surface area contributed by atoms with Gasteiger partial charge in [-0.15, -0.1) is 12.4 Å². The van der Waals surface area contributed by atoms with E-state index in [0.29, 0.717) is 24.7 Å². The summed E-state index contributed by atoms with van der Waals surface area (Å²) in [5.74, 6) is 1.44. The number of H-pyrrole nitrogens is 1. The molecule has 1 unspecified atom stereocenters. The Bertz CT molecular complexity index is 779. The molecule has 1 fully saturated rings. The van der Waals surface area contributed by atoms with Crippen LogP contribution in [0, 0.1) is 0 Å². The van der Waals surface area contributed by atoms with E-state index in [0.717, 1.165) is 24.1 Å². The van der Waals surface area contributed by atoms with Gasteiger partial charge in [0.1, 0.15) is 0 Å². The largest absolute Gasteiger partial charge is 0.381 e. The number of hydrogen-bond donors (Lipinski definition) is 2. The van der Waals surface area contributed by atoms with E-state index in [1.807, 2.05) is 18.3 Å². The van der Waals surface area contributed by atoms with Gasteiger partial charge >= 0.3 is 0 Å². The number of rotatable bonds is 4. The standard InChI is InChI=1S/C16H18N4O2.ClH/c17-13(7-11-8-18-14-4-2-1-3-12(11)14)16-19-15(20-22-16)10-5-6-21-9-10;/h1-4,8,10,13,18H,5-7,9,17H2;1H/t10?,13-;/m0./s1. The fraction of sp³-hybridized carbons (Fsp3) is 0.375. The Morgan fingerprint density at radius 1 is 1.35 bits per heavy atom. The van der Waals surface area contributed by atoms with Crippen LogP contribution < -0.4 is 5.73 Å². The molecule has 1 aliphatic rings. The van der Waals surface area contributed by atoms with Gasteiger partial charge in [-0.05, 0) is 24.5 Å². The first-order valence-electron chi connectivity index (χ1n) is 7.53. The zero-order valence-electron chi connectivity index (χ0n) is 12.6. The van der Waals surface area contributed by atoms with E-state index in [4.69, 9.17) is 15.0 Å². The molecule has 3 aromatic rings. The Kier molecular flexibility index (Phi) is 4.66. The highest BCUT2D eigenvalue weighted by atomic mass is 35.5. The van der Waals surface area contributed by atoms with Crippen LogP contribution in [0.5, 0.6) is 0 Å². The maximum Gasteiger partial charge on any atom is 0.243 e. The molecule has 3 N–H and O–H groups in total. The molecule has 0 radical (unpaired) electrons. The molecule has 122 valence electrons. The number of para-hydroxylation sites is 1. The van der Waals surface area contributed by atoms with E-state index in [-0.39, 0.29) is 24.4 Å². The second-order valence-corrected chi connectivity index (χ2v) is 5.72. The Morgan fingerprint density at radius 2 is 2.22 bits per heavy atom. The second-order valence-electron chi connectivity index (χ2n) is 5.72. The number of nitrogens with zero attached hydrogens (tertiary/aromatic N) is 2. The maximum absolute atomic E-state index is 6.25. The number of nitrogens with two attached hydrogens (primary N) is 1. The lowest BCUT2D eigenvalue weighted by Crippen LogP contribution is -2.14. The van der Waals surface area contributed by atoms with E-state index in [2.05, 4.69) is 27.3 Å². The summed E-state index contributed by atoms with van der Waals surface area (Å²) in [6.07, 6.45) is 3.59. The minimum absolute atomic E-state index is 0. The van der Waals surface area contributed by atoms with E-state index in [1.165, 1.54) is 5.39 Å². The third-order valence-corrected chi connectivity index (χ3v) is 4.18. The molecule has 2 atom stereocenters. The minimum Gasteiger partial charge on any atom is -0.381 e. The summed E-state index contributed by atoms with van der Waals surface area (Å²) >= 11 is 0. The van der Waals surface area contributed by atoms with Crippen molar-refractivity contribution in [2.24, 2.45) is 5.73 Å². The first kappa shape index (κ1) is 16.0. The maximum atomic E-state index is 6.25. The predicted octanol–water partition coefficient (Wildman–Crippen LogP) is 2.72. The SMILES string of the molecule is Cl.N[C@@H](Cc1c[nH]c2ccccc12)c1nc(C2CCOC2)no1. The highest BCUT2D eigenvalue weighted by Gasteiger charge is 2.25. The first-order chi connectivity index (χ1) is 10.8. The van der Waals surface area contributed by atoms with Crippen LogP contribution in [-0.2, 0) is 11.2 Å². The summed E-state index contributed by atoms with van der Waals surface area (Å²) in [5.41, 5.74) is 8.52. The molecule has 4 rings (SSSR count). The van der Waals surface area contributed by atoms with Crippen molar-refractivity contribution < 1.29 is 9.26 Å². The predicted molar refractivity (Wildman–Crippen MR) is 88.7 cm³/mol. The lowest BCUT2D eigenvalue weighted by Gasteiger charge is -2.05. The summed E-state index contributed by atoms with van der Waals surface area (Å²) in [6, 6.07) is 7.87. The summed E-state index contributed by atoms with van der Waals surface area (Å²) < 4.78 is 10.7. The number of aromatic amines is 1. The Labute approximate surface area is 139 Å². The van der Waals surface area contributed by atoms with Gasteiger partial charge in [-0.2, -0.15) is 4.98 Å². The highest BCUT2D eigenvalue weighted by molar-refractivity contribution is 5.85. The molecule has 1 aliphatic heterocycles. The van der Waals surface area contributed by atoms with Crippen LogP contribution in [0.2, 0.25) is 0 Å². The summed E-state index contributed by atoms with van der Waals surface area (Å²) in [4.78, 5) is 7.72. The number of halogens is 1. The molecule has 6 nitrogen and oxygen atoms in total. The second kappa shape index (κ2) is 6.70. The van der Waals surface area contributed by atoms with Gasteiger partial charge in [0.15, 0.2) is 5.82 Å². The number of nitrogens with one attached hydrogen (secondary N) is 1. The van der Waals surface area contributed by atoms with Gasteiger partial charge in [0.05, 0.1) is 12.6 Å². The zero-order valence-corrected chi connectivity index (χ0v) is 13.4. The van der Waals surface area contributed by atoms with E-state index in [9.17, 15) is 0 Å². The van der Waals surface area contributed by atoms with E-state index in [1.54, 1.807) is 0 Å². The normalized spacial score (nSPS) is 18.9. The summed E-state index contributed by atoms with van der Waals surface area (Å²) in [5, 5.41) is 5.24. The van der Waals surface area contributed by atoms with Crippen LogP contribution in [0.1, 0.15) is 35.7 Å². The van der Waals surface area contributed by atoms with Gasteiger partial charge in [0.2, 0.25) is 5.89 Å². The van der Waals surface area contributed by atoms with Crippen LogP contribution in [0.15, 0.2) is 35.0 Å². The minimum atomic E-state index is -0.303. The molecule has 0 amide bonds. The topological polar surface area (TPSA) is 90.0 Å². The number of hydrogen-bond acceptors (Lipinski definition) is 5. The molecule has 1 aromatic carbocycles. The fourth-order valence-electron chi connectivity index (χ4n) is 2.93. The van der Waals surface area contributed by atoms with Crippen LogP contribution in [-0.4, -0.2) is 28.3 Å². The molecule has 2 aromatic heterocycles. The average Bonchev–Trinajstić information content (AvgIpc) is 3.28. The van der Waals surface area contributed by atoms with Gasteiger partial charge < -0.3 is 20.0 Å². The number of fused-ring (bicyclic) bond motifs is 1. The third-order valence-electron chi connectivity index (χ3n) is 4.18. The van der Waals surface area contributed by atoms with Crippen molar-refractivity contribution in [1.82, 2.24) is 15.1 Å². The molecule has 0 saturated carbocycles. The molecule has 1 saturated heterocycles. The number of aromatic nitrogens is 3. The van der Waals surface area contributed by atoms with Crippen molar-refractivity contribution in [1.29, 1.82) is 0 Å². The van der Waals surface area contributed by atoms with Crippen molar-refractivity contribution in [2.75, 3.05) is 13.2 Å². The number of ether oxygens (including phenoxy) is 1. The number of benzene rings is 1. The van der Waals surface area contributed by atoms with Crippen LogP contribution in [0.3, 0.4) is 0 Å². The van der Waals surface area contributed by atoms with Gasteiger partial charge in [0, 0.05) is 29.6 Å².